The summed E-state index contributed by atoms with van der Waals surface area (Å²) in [6, 6.07) is 16.6. The van der Waals surface area contributed by atoms with E-state index in [1.807, 2.05) is 31.2 Å². The summed E-state index contributed by atoms with van der Waals surface area (Å²) < 4.78 is 2.02. The summed E-state index contributed by atoms with van der Waals surface area (Å²) in [6.07, 6.45) is 1.81. The van der Waals surface area contributed by atoms with Crippen molar-refractivity contribution in [2.45, 2.75) is 32.5 Å². The fraction of sp³-hybridized carbons (Fsp3) is 0.176. The van der Waals surface area contributed by atoms with Gasteiger partial charge in [-0.3, -0.25) is 14.4 Å². The predicted molar refractivity (Wildman–Crippen MR) is 195 cm³/mol. The summed E-state index contributed by atoms with van der Waals surface area (Å²) in [4.78, 5) is 55.9. The van der Waals surface area contributed by atoms with Crippen LogP contribution in [0.3, 0.4) is 0 Å². The molecule has 11 nitrogen and oxygen atoms in total. The summed E-state index contributed by atoms with van der Waals surface area (Å²) in [5, 5.41) is 6.44. The number of rotatable bonds is 7. The number of halogens is 4. The van der Waals surface area contributed by atoms with Crippen LogP contribution < -0.4 is 21.9 Å². The highest BCUT2D eigenvalue weighted by molar-refractivity contribution is 9.10. The molecule has 0 saturated heterocycles. The van der Waals surface area contributed by atoms with Gasteiger partial charge in [-0.2, -0.15) is 0 Å². The molecule has 250 valence electrons. The molecule has 0 aliphatic carbocycles. The van der Waals surface area contributed by atoms with E-state index in [1.165, 1.54) is 23.7 Å². The molecule has 1 aliphatic rings. The molecule has 0 bridgehead atoms. The Bertz CT molecular complexity index is 2200. The molecule has 0 radical (unpaired) electrons. The monoisotopic (exact) mass is 780 g/mol. The van der Waals surface area contributed by atoms with Crippen LogP contribution in [0, 0.1) is 0 Å². The first-order valence-corrected chi connectivity index (χ1v) is 16.9. The van der Waals surface area contributed by atoms with Gasteiger partial charge in [0.25, 0.3) is 17.4 Å². The number of hydrogen-bond acceptors (Lipinski definition) is 8. The largest absolute Gasteiger partial charge is 0.384 e. The van der Waals surface area contributed by atoms with Crippen molar-refractivity contribution in [3.8, 4) is 17.1 Å². The molecule has 3 aromatic carbocycles. The Kier molecular flexibility index (Phi) is 9.94. The number of carbonyl (C=O) groups is 2. The van der Waals surface area contributed by atoms with Crippen molar-refractivity contribution in [1.29, 1.82) is 0 Å². The number of benzene rings is 3. The maximum absolute atomic E-state index is 14.4. The van der Waals surface area contributed by atoms with E-state index < -0.39 is 11.5 Å². The number of fused-ring (bicyclic) bond motifs is 1. The molecule has 2 aromatic heterocycles. The maximum atomic E-state index is 14.4. The van der Waals surface area contributed by atoms with Crippen molar-refractivity contribution < 1.29 is 9.59 Å². The van der Waals surface area contributed by atoms with Crippen molar-refractivity contribution >= 4 is 74.3 Å². The third-order valence-electron chi connectivity index (χ3n) is 8.16. The third-order valence-corrected chi connectivity index (χ3v) is 10.0. The van der Waals surface area contributed by atoms with Crippen LogP contribution in [0.25, 0.3) is 17.1 Å². The number of anilines is 2. The molecule has 4 N–H and O–H groups in total. The molecule has 0 fully saturated rings. The Labute approximate surface area is 304 Å². The van der Waals surface area contributed by atoms with Gasteiger partial charge in [0.2, 0.25) is 5.95 Å². The van der Waals surface area contributed by atoms with E-state index in [2.05, 4.69) is 36.5 Å². The van der Waals surface area contributed by atoms with E-state index in [0.29, 0.717) is 38.0 Å². The number of aromatic nitrogens is 4. The normalized spacial score (nSPS) is 13.9. The lowest BCUT2D eigenvalue weighted by molar-refractivity contribution is 0.0653. The summed E-state index contributed by atoms with van der Waals surface area (Å²) >= 11 is 22.9. The predicted octanol–water partition coefficient (Wildman–Crippen LogP) is 6.55. The van der Waals surface area contributed by atoms with Crippen LogP contribution in [-0.2, 0) is 19.5 Å². The number of nitrogens with one attached hydrogen (secondary N) is 2. The number of carbonyl (C=O) groups excluding carboxylic acids is 2. The van der Waals surface area contributed by atoms with Crippen molar-refractivity contribution in [2.75, 3.05) is 18.1 Å². The molecular formula is C34H28BrCl3N8O3. The standard InChI is InChI=1S/C34H28BrCl3N8O3/c1-17-11-22-27(16-45(17)32(48)18-7-8-23(35)25(37)12-18)43-34(42-15-19-5-3-4-6-20(19)30-41-10-9-29(39)44-30)46(33(22)49)28-14-24(36)21(13-26(28)38)31(47)40-2/h3-10,12-14,17H,11,15-16H2,1-2H3,(H,40,47)(H,42,43)(H2,39,41,44). The summed E-state index contributed by atoms with van der Waals surface area (Å²) in [7, 11) is 1.48. The zero-order valence-electron chi connectivity index (χ0n) is 26.1. The quantitative estimate of drug-likeness (QED) is 0.168. The van der Waals surface area contributed by atoms with Gasteiger partial charge in [-0.25, -0.2) is 19.5 Å². The molecule has 15 heteroatoms. The lowest BCUT2D eigenvalue weighted by Gasteiger charge is -2.34. The smallest absolute Gasteiger partial charge is 0.263 e. The lowest BCUT2D eigenvalue weighted by Crippen LogP contribution is -2.46. The Balaban J connectivity index is 1.45. The van der Waals surface area contributed by atoms with Crippen LogP contribution in [0.2, 0.25) is 15.1 Å². The van der Waals surface area contributed by atoms with Crippen molar-refractivity contribution in [1.82, 2.24) is 29.7 Å². The van der Waals surface area contributed by atoms with Crippen molar-refractivity contribution in [2.24, 2.45) is 0 Å². The molecule has 1 unspecified atom stereocenters. The van der Waals surface area contributed by atoms with Gasteiger partial charge in [-0.05, 0) is 71.2 Å². The Morgan fingerprint density at radius 2 is 1.80 bits per heavy atom. The van der Waals surface area contributed by atoms with E-state index in [0.717, 1.165) is 11.1 Å². The van der Waals surface area contributed by atoms with Crippen LogP contribution >= 0.6 is 50.7 Å². The molecule has 0 saturated carbocycles. The highest BCUT2D eigenvalue weighted by atomic mass is 79.9. The van der Waals surface area contributed by atoms with Crippen LogP contribution in [0.5, 0.6) is 0 Å². The summed E-state index contributed by atoms with van der Waals surface area (Å²) in [5.74, 6) is 0.223. The lowest BCUT2D eigenvalue weighted by atomic mass is 9.98. The van der Waals surface area contributed by atoms with E-state index in [1.54, 1.807) is 35.4 Å². The molecule has 0 spiro atoms. The van der Waals surface area contributed by atoms with Gasteiger partial charge in [0.05, 0.1) is 38.6 Å². The fourth-order valence-corrected chi connectivity index (χ4v) is 6.57. The zero-order chi connectivity index (χ0) is 35.0. The summed E-state index contributed by atoms with van der Waals surface area (Å²) in [5.41, 5.74) is 8.70. The number of nitrogen functional groups attached to an aromatic ring is 1. The third kappa shape index (κ3) is 6.86. The molecule has 1 atom stereocenters. The van der Waals surface area contributed by atoms with E-state index >= 15 is 0 Å². The molecule has 6 rings (SSSR count). The second kappa shape index (κ2) is 14.2. The first-order chi connectivity index (χ1) is 23.5. The minimum Gasteiger partial charge on any atom is -0.384 e. The van der Waals surface area contributed by atoms with E-state index in [9.17, 15) is 14.4 Å². The van der Waals surface area contributed by atoms with Gasteiger partial charge in [-0.15, -0.1) is 0 Å². The average molecular weight is 783 g/mol. The molecule has 3 heterocycles. The Hall–Kier alpha value is -4.49. The maximum Gasteiger partial charge on any atom is 0.263 e. The fourth-order valence-electron chi connectivity index (χ4n) is 5.65. The first-order valence-electron chi connectivity index (χ1n) is 15.0. The van der Waals surface area contributed by atoms with E-state index in [4.69, 9.17) is 45.5 Å². The van der Waals surface area contributed by atoms with Gasteiger partial charge in [-0.1, -0.05) is 59.1 Å². The number of hydrogen-bond donors (Lipinski definition) is 3. The number of amides is 2. The SMILES string of the molecule is CNC(=O)c1cc(Cl)c(-n2c(NCc3ccccc3-c3nccc(N)n3)nc3c(c2=O)CC(C)N(C(=O)c2ccc(Br)c(Cl)c2)C3)cc1Cl. The first kappa shape index (κ1) is 34.4. The number of nitrogens with two attached hydrogens (primary N) is 1. The van der Waals surface area contributed by atoms with Crippen LogP contribution in [0.4, 0.5) is 11.8 Å². The van der Waals surface area contributed by atoms with Gasteiger partial charge >= 0.3 is 0 Å². The van der Waals surface area contributed by atoms with Crippen LogP contribution in [0.15, 0.2) is 76.1 Å². The topological polar surface area (TPSA) is 148 Å². The molecule has 5 aromatic rings. The molecule has 1 aliphatic heterocycles. The van der Waals surface area contributed by atoms with Gasteiger partial charge in [0.15, 0.2) is 5.82 Å². The molecule has 2 amide bonds. The Morgan fingerprint density at radius 3 is 2.53 bits per heavy atom. The van der Waals surface area contributed by atoms with Gasteiger partial charge in [0.1, 0.15) is 5.82 Å². The molecule has 49 heavy (non-hydrogen) atoms. The highest BCUT2D eigenvalue weighted by Gasteiger charge is 2.32. The summed E-state index contributed by atoms with van der Waals surface area (Å²) in [6.45, 7) is 2.14. The molecular weight excluding hydrogens is 755 g/mol. The highest BCUT2D eigenvalue weighted by Crippen LogP contribution is 2.32. The van der Waals surface area contributed by atoms with Crippen molar-refractivity contribution in [3.63, 3.8) is 0 Å². The van der Waals surface area contributed by atoms with Gasteiger partial charge < -0.3 is 21.3 Å². The second-order valence-corrected chi connectivity index (χ2v) is 13.4. The minimum atomic E-state index is -0.432. The number of nitrogens with zero attached hydrogens (tertiary/aromatic N) is 5. The van der Waals surface area contributed by atoms with Crippen LogP contribution in [0.1, 0.15) is 44.5 Å². The van der Waals surface area contributed by atoms with E-state index in [-0.39, 0.29) is 58.7 Å². The second-order valence-electron chi connectivity index (χ2n) is 11.3. The van der Waals surface area contributed by atoms with Gasteiger partial charge in [0, 0.05) is 47.0 Å². The zero-order valence-corrected chi connectivity index (χ0v) is 30.0. The Morgan fingerprint density at radius 1 is 1.02 bits per heavy atom. The van der Waals surface area contributed by atoms with Crippen LogP contribution in [-0.4, -0.2) is 49.3 Å². The minimum absolute atomic E-state index is 0.0750. The average Bonchev–Trinajstić information content (AvgIpc) is 3.09. The van der Waals surface area contributed by atoms with Crippen molar-refractivity contribution in [3.05, 3.63) is 125 Å².